The summed E-state index contributed by atoms with van der Waals surface area (Å²) in [6.07, 6.45) is 1.84. The van der Waals surface area contributed by atoms with Crippen molar-refractivity contribution >= 4 is 0 Å². The minimum atomic E-state index is 0.121. The van der Waals surface area contributed by atoms with Crippen molar-refractivity contribution in [3.05, 3.63) is 34.2 Å². The van der Waals surface area contributed by atoms with Crippen molar-refractivity contribution < 1.29 is 0 Å². The fourth-order valence-corrected chi connectivity index (χ4v) is 1.42. The molecule has 78 valence electrons. The van der Waals surface area contributed by atoms with E-state index in [1.807, 2.05) is 51.2 Å². The zero-order chi connectivity index (χ0) is 10.7. The van der Waals surface area contributed by atoms with Gasteiger partial charge in [-0.2, -0.15) is 0 Å². The summed E-state index contributed by atoms with van der Waals surface area (Å²) in [5.74, 6) is 0. The van der Waals surface area contributed by atoms with Crippen molar-refractivity contribution in [2.24, 2.45) is 0 Å². The molecule has 0 amide bonds. The van der Waals surface area contributed by atoms with Crippen LogP contribution in [0.4, 0.5) is 0 Å². The normalized spacial score (nSPS) is 11.3. The molecule has 0 spiro atoms. The monoisotopic (exact) mass is 194 g/mol. The third-order valence-electron chi connectivity index (χ3n) is 2.10. The molecule has 0 aliphatic rings. The number of hydrogen-bond acceptors (Lipinski definition) is 2. The van der Waals surface area contributed by atoms with E-state index in [9.17, 15) is 4.79 Å². The van der Waals surface area contributed by atoms with Crippen LogP contribution in [0.3, 0.4) is 0 Å². The zero-order valence-electron chi connectivity index (χ0n) is 9.32. The first-order valence-corrected chi connectivity index (χ1v) is 4.87. The topological polar surface area (TPSA) is 25.2 Å². The highest BCUT2D eigenvalue weighted by atomic mass is 16.1. The van der Waals surface area contributed by atoms with Gasteiger partial charge in [0, 0.05) is 24.3 Å². The largest absolute Gasteiger partial charge is 0.313 e. The summed E-state index contributed by atoms with van der Waals surface area (Å²) < 4.78 is 1.76. The summed E-state index contributed by atoms with van der Waals surface area (Å²) in [4.78, 5) is 13.9. The number of aromatic nitrogens is 1. The van der Waals surface area contributed by atoms with Crippen molar-refractivity contribution in [2.45, 2.75) is 26.4 Å². The van der Waals surface area contributed by atoms with Crippen LogP contribution in [0.15, 0.2) is 23.1 Å². The molecule has 0 aromatic carbocycles. The van der Waals surface area contributed by atoms with Gasteiger partial charge in [-0.25, -0.2) is 0 Å². The van der Waals surface area contributed by atoms with Gasteiger partial charge in [-0.05, 0) is 34.0 Å². The Morgan fingerprint density at radius 2 is 2.07 bits per heavy atom. The van der Waals surface area contributed by atoms with Gasteiger partial charge in [-0.15, -0.1) is 0 Å². The number of pyridine rings is 1. The van der Waals surface area contributed by atoms with Crippen LogP contribution in [0.5, 0.6) is 0 Å². The second-order valence-corrected chi connectivity index (χ2v) is 4.08. The molecule has 14 heavy (non-hydrogen) atoms. The molecule has 0 saturated heterocycles. The molecule has 0 aliphatic carbocycles. The lowest BCUT2D eigenvalue weighted by Gasteiger charge is -2.13. The van der Waals surface area contributed by atoms with Crippen LogP contribution in [0.2, 0.25) is 0 Å². The van der Waals surface area contributed by atoms with Crippen molar-refractivity contribution in [3.8, 4) is 0 Å². The van der Waals surface area contributed by atoms with Gasteiger partial charge in [0.25, 0.3) is 5.56 Å². The molecule has 0 saturated carbocycles. The van der Waals surface area contributed by atoms with Crippen LogP contribution in [0.25, 0.3) is 0 Å². The Morgan fingerprint density at radius 3 is 2.57 bits per heavy atom. The molecule has 1 aromatic rings. The summed E-state index contributed by atoms with van der Waals surface area (Å²) in [7, 11) is 3.93. The summed E-state index contributed by atoms with van der Waals surface area (Å²) >= 11 is 0. The van der Waals surface area contributed by atoms with E-state index in [4.69, 9.17) is 0 Å². The van der Waals surface area contributed by atoms with Gasteiger partial charge in [-0.3, -0.25) is 4.79 Å². The Labute approximate surface area is 85.0 Å². The second-order valence-electron chi connectivity index (χ2n) is 4.08. The maximum absolute atomic E-state index is 11.9. The molecule has 0 bridgehead atoms. The van der Waals surface area contributed by atoms with E-state index in [0.29, 0.717) is 6.54 Å². The van der Waals surface area contributed by atoms with Crippen LogP contribution in [-0.4, -0.2) is 23.6 Å². The molecule has 0 unspecified atom stereocenters. The van der Waals surface area contributed by atoms with Crippen molar-refractivity contribution in [1.82, 2.24) is 9.47 Å². The molecular formula is C11H18N2O. The average molecular weight is 194 g/mol. The quantitative estimate of drug-likeness (QED) is 0.728. The summed E-state index contributed by atoms with van der Waals surface area (Å²) in [6, 6.07) is 4.05. The molecule has 1 rings (SSSR count). The second kappa shape index (κ2) is 4.42. The fraction of sp³-hybridized carbons (Fsp3) is 0.545. The Morgan fingerprint density at radius 1 is 1.43 bits per heavy atom. The first-order chi connectivity index (χ1) is 6.52. The van der Waals surface area contributed by atoms with Crippen LogP contribution in [0, 0.1) is 0 Å². The van der Waals surface area contributed by atoms with Crippen LogP contribution in [0.1, 0.15) is 25.5 Å². The van der Waals surface area contributed by atoms with Gasteiger partial charge in [0.05, 0.1) is 0 Å². The van der Waals surface area contributed by atoms with Crippen molar-refractivity contribution in [1.29, 1.82) is 0 Å². The Kier molecular flexibility index (Phi) is 3.47. The van der Waals surface area contributed by atoms with Gasteiger partial charge < -0.3 is 9.47 Å². The lowest BCUT2D eigenvalue weighted by atomic mass is 10.2. The van der Waals surface area contributed by atoms with E-state index in [1.165, 1.54) is 0 Å². The third kappa shape index (κ3) is 2.45. The van der Waals surface area contributed by atoms with Gasteiger partial charge >= 0.3 is 0 Å². The van der Waals surface area contributed by atoms with Gasteiger partial charge in [0.15, 0.2) is 0 Å². The first kappa shape index (κ1) is 11.0. The number of nitrogens with zero attached hydrogens (tertiary/aromatic N) is 2. The predicted octanol–water partition coefficient (Wildman–Crippen LogP) is 1.49. The van der Waals surface area contributed by atoms with Crippen molar-refractivity contribution in [3.63, 3.8) is 0 Å². The number of rotatable bonds is 3. The van der Waals surface area contributed by atoms with E-state index >= 15 is 0 Å². The lowest BCUT2D eigenvalue weighted by Crippen LogP contribution is -2.27. The predicted molar refractivity (Wildman–Crippen MR) is 58.5 cm³/mol. The molecular weight excluding hydrogens is 176 g/mol. The van der Waals surface area contributed by atoms with Gasteiger partial charge in [0.1, 0.15) is 0 Å². The van der Waals surface area contributed by atoms with Crippen LogP contribution < -0.4 is 5.56 Å². The van der Waals surface area contributed by atoms with Gasteiger partial charge in [-0.1, -0.05) is 6.07 Å². The van der Waals surface area contributed by atoms with Crippen LogP contribution >= 0.6 is 0 Å². The average Bonchev–Trinajstić information content (AvgIpc) is 2.07. The molecule has 1 heterocycles. The first-order valence-electron chi connectivity index (χ1n) is 4.87. The van der Waals surface area contributed by atoms with Crippen LogP contribution in [-0.2, 0) is 6.54 Å². The number of hydrogen-bond donors (Lipinski definition) is 0. The highest BCUT2D eigenvalue weighted by Gasteiger charge is 2.05. The van der Waals surface area contributed by atoms with E-state index in [-0.39, 0.29) is 11.6 Å². The SMILES string of the molecule is CC(C)n1cccc(CN(C)C)c1=O. The standard InChI is InChI=1S/C11H18N2O/c1-9(2)13-7-5-6-10(11(13)14)8-12(3)4/h5-7,9H,8H2,1-4H3. The fourth-order valence-electron chi connectivity index (χ4n) is 1.42. The van der Waals surface area contributed by atoms with E-state index in [1.54, 1.807) is 4.57 Å². The Bertz CT molecular complexity index is 353. The molecule has 0 radical (unpaired) electrons. The lowest BCUT2D eigenvalue weighted by molar-refractivity contribution is 0.397. The summed E-state index contributed by atoms with van der Waals surface area (Å²) in [5.41, 5.74) is 0.974. The van der Waals surface area contributed by atoms with E-state index in [2.05, 4.69) is 0 Å². The maximum Gasteiger partial charge on any atom is 0.255 e. The molecule has 0 aliphatic heterocycles. The van der Waals surface area contributed by atoms with Gasteiger partial charge in [0.2, 0.25) is 0 Å². The Hall–Kier alpha value is -1.09. The van der Waals surface area contributed by atoms with E-state index in [0.717, 1.165) is 5.56 Å². The third-order valence-corrected chi connectivity index (χ3v) is 2.10. The Balaban J connectivity index is 3.08. The summed E-state index contributed by atoms with van der Waals surface area (Å²) in [6.45, 7) is 4.73. The molecule has 0 N–H and O–H groups in total. The zero-order valence-corrected chi connectivity index (χ0v) is 9.32. The molecule has 0 atom stereocenters. The summed E-state index contributed by atoms with van der Waals surface area (Å²) in [5, 5.41) is 0. The highest BCUT2D eigenvalue weighted by Crippen LogP contribution is 2.01. The highest BCUT2D eigenvalue weighted by molar-refractivity contribution is 5.10. The molecule has 0 fully saturated rings. The molecule has 3 heteroatoms. The van der Waals surface area contributed by atoms with Crippen molar-refractivity contribution in [2.75, 3.05) is 14.1 Å². The molecule has 3 nitrogen and oxygen atoms in total. The minimum Gasteiger partial charge on any atom is -0.313 e. The maximum atomic E-state index is 11.9. The van der Waals surface area contributed by atoms with E-state index < -0.39 is 0 Å². The minimum absolute atomic E-state index is 0.121. The smallest absolute Gasteiger partial charge is 0.255 e. The molecule has 1 aromatic heterocycles.